The van der Waals surface area contributed by atoms with Crippen LogP contribution in [0.2, 0.25) is 0 Å². The number of hydrogen-bond donors (Lipinski definition) is 1. The molecule has 92 valence electrons. The average Bonchev–Trinajstić information content (AvgIpc) is 2.40. The number of benzene rings is 2. The lowest BCUT2D eigenvalue weighted by Crippen LogP contribution is -2.08. The van der Waals surface area contributed by atoms with Gasteiger partial charge in [0.25, 0.3) is 5.69 Å². The fraction of sp³-hybridized carbons (Fsp3) is 0.143. The number of nitro groups is 1. The van der Waals surface area contributed by atoms with E-state index < -0.39 is 0 Å². The summed E-state index contributed by atoms with van der Waals surface area (Å²) in [6.07, 6.45) is 0. The topological polar surface area (TPSA) is 55.2 Å². The molecule has 0 saturated carbocycles. The fourth-order valence-corrected chi connectivity index (χ4v) is 1.88. The van der Waals surface area contributed by atoms with E-state index in [0.717, 1.165) is 5.69 Å². The van der Waals surface area contributed by atoms with Crippen LogP contribution in [0, 0.1) is 10.1 Å². The minimum absolute atomic E-state index is 0.117. The smallest absolute Gasteiger partial charge is 0.274 e. The van der Waals surface area contributed by atoms with Gasteiger partial charge in [0.2, 0.25) is 0 Å². The quantitative estimate of drug-likeness (QED) is 0.656. The van der Waals surface area contributed by atoms with Gasteiger partial charge in [0.15, 0.2) is 0 Å². The van der Waals surface area contributed by atoms with Crippen molar-refractivity contribution in [2.75, 3.05) is 5.32 Å². The zero-order valence-corrected chi connectivity index (χ0v) is 10.0. The zero-order valence-electron chi connectivity index (χ0n) is 10.0. The number of para-hydroxylation sites is 2. The molecule has 0 amide bonds. The molecule has 0 aromatic heterocycles. The molecule has 18 heavy (non-hydrogen) atoms. The van der Waals surface area contributed by atoms with Crippen LogP contribution in [0.25, 0.3) is 0 Å². The Morgan fingerprint density at radius 3 is 2.33 bits per heavy atom. The zero-order chi connectivity index (χ0) is 13.0. The first-order valence-corrected chi connectivity index (χ1v) is 5.73. The normalized spacial score (nSPS) is 11.8. The lowest BCUT2D eigenvalue weighted by atomic mass is 10.1. The average molecular weight is 242 g/mol. The number of anilines is 1. The summed E-state index contributed by atoms with van der Waals surface area (Å²) in [5.74, 6) is 0. The molecular formula is C14H14N2O2. The standard InChI is InChI=1S/C14H14N2O2/c1-11(15-12-7-3-2-4-8-12)13-9-5-6-10-14(13)16(17)18/h2-11,15H,1H3/t11-/m1/s1. The third-order valence-electron chi connectivity index (χ3n) is 2.76. The number of nitro benzene ring substituents is 1. The summed E-state index contributed by atoms with van der Waals surface area (Å²) in [7, 11) is 0. The number of nitrogens with one attached hydrogen (secondary N) is 1. The maximum absolute atomic E-state index is 11.0. The predicted molar refractivity (Wildman–Crippen MR) is 71.6 cm³/mol. The van der Waals surface area contributed by atoms with Crippen LogP contribution < -0.4 is 5.32 Å². The third-order valence-corrected chi connectivity index (χ3v) is 2.76. The molecule has 0 unspecified atom stereocenters. The molecule has 0 radical (unpaired) electrons. The minimum atomic E-state index is -0.349. The van der Waals surface area contributed by atoms with Crippen LogP contribution in [0.4, 0.5) is 11.4 Å². The molecule has 4 heteroatoms. The first-order valence-electron chi connectivity index (χ1n) is 5.73. The van der Waals surface area contributed by atoms with Crippen molar-refractivity contribution in [3.8, 4) is 0 Å². The van der Waals surface area contributed by atoms with Gasteiger partial charge in [-0.2, -0.15) is 0 Å². The number of hydrogen-bond acceptors (Lipinski definition) is 3. The Balaban J connectivity index is 2.24. The van der Waals surface area contributed by atoms with E-state index in [1.807, 2.05) is 43.3 Å². The van der Waals surface area contributed by atoms with E-state index in [0.29, 0.717) is 5.56 Å². The van der Waals surface area contributed by atoms with Gasteiger partial charge in [-0.25, -0.2) is 0 Å². The molecule has 0 heterocycles. The van der Waals surface area contributed by atoms with Crippen molar-refractivity contribution in [2.24, 2.45) is 0 Å². The Bertz CT molecular complexity index is 541. The molecule has 1 atom stereocenters. The van der Waals surface area contributed by atoms with E-state index in [9.17, 15) is 10.1 Å². The summed E-state index contributed by atoms with van der Waals surface area (Å²) in [5.41, 5.74) is 1.78. The van der Waals surface area contributed by atoms with Crippen LogP contribution >= 0.6 is 0 Å². The largest absolute Gasteiger partial charge is 0.378 e. The van der Waals surface area contributed by atoms with Gasteiger partial charge in [-0.1, -0.05) is 36.4 Å². The summed E-state index contributed by atoms with van der Waals surface area (Å²) in [5, 5.41) is 14.2. The van der Waals surface area contributed by atoms with Gasteiger partial charge in [-0.3, -0.25) is 10.1 Å². The fourth-order valence-electron chi connectivity index (χ4n) is 1.88. The first kappa shape index (κ1) is 12.1. The highest BCUT2D eigenvalue weighted by Gasteiger charge is 2.17. The van der Waals surface area contributed by atoms with Crippen molar-refractivity contribution in [3.05, 3.63) is 70.3 Å². The van der Waals surface area contributed by atoms with Gasteiger partial charge in [0, 0.05) is 11.8 Å². The maximum atomic E-state index is 11.0. The molecule has 0 bridgehead atoms. The van der Waals surface area contributed by atoms with Crippen molar-refractivity contribution in [2.45, 2.75) is 13.0 Å². The summed E-state index contributed by atoms with van der Waals surface area (Å²) >= 11 is 0. The molecular weight excluding hydrogens is 228 g/mol. The first-order chi connectivity index (χ1) is 8.68. The van der Waals surface area contributed by atoms with E-state index >= 15 is 0 Å². The van der Waals surface area contributed by atoms with Gasteiger partial charge in [-0.05, 0) is 19.1 Å². The van der Waals surface area contributed by atoms with Crippen molar-refractivity contribution in [1.29, 1.82) is 0 Å². The highest BCUT2D eigenvalue weighted by Crippen LogP contribution is 2.27. The Hall–Kier alpha value is -2.36. The molecule has 0 aliphatic rings. The van der Waals surface area contributed by atoms with Crippen molar-refractivity contribution < 1.29 is 4.92 Å². The second-order valence-electron chi connectivity index (χ2n) is 4.05. The molecule has 4 nitrogen and oxygen atoms in total. The maximum Gasteiger partial charge on any atom is 0.274 e. The van der Waals surface area contributed by atoms with E-state index in [-0.39, 0.29) is 16.7 Å². The summed E-state index contributed by atoms with van der Waals surface area (Å²) < 4.78 is 0. The van der Waals surface area contributed by atoms with E-state index in [1.165, 1.54) is 6.07 Å². The van der Waals surface area contributed by atoms with Crippen LogP contribution in [0.1, 0.15) is 18.5 Å². The molecule has 1 N–H and O–H groups in total. The van der Waals surface area contributed by atoms with Gasteiger partial charge < -0.3 is 5.32 Å². The van der Waals surface area contributed by atoms with Crippen LogP contribution in [-0.4, -0.2) is 4.92 Å². The molecule has 0 aliphatic carbocycles. The van der Waals surface area contributed by atoms with Crippen LogP contribution in [0.5, 0.6) is 0 Å². The van der Waals surface area contributed by atoms with Gasteiger partial charge in [-0.15, -0.1) is 0 Å². The molecule has 2 aromatic carbocycles. The summed E-state index contributed by atoms with van der Waals surface area (Å²) in [6, 6.07) is 16.3. The second kappa shape index (κ2) is 5.31. The van der Waals surface area contributed by atoms with Gasteiger partial charge >= 0.3 is 0 Å². The Morgan fingerprint density at radius 1 is 1.06 bits per heavy atom. The summed E-state index contributed by atoms with van der Waals surface area (Å²) in [4.78, 5) is 10.6. The molecule has 0 aliphatic heterocycles. The summed E-state index contributed by atoms with van der Waals surface area (Å²) in [6.45, 7) is 1.91. The molecule has 2 aromatic rings. The van der Waals surface area contributed by atoms with Crippen LogP contribution in [0.3, 0.4) is 0 Å². The Kier molecular flexibility index (Phi) is 3.57. The van der Waals surface area contributed by atoms with Gasteiger partial charge in [0.05, 0.1) is 16.5 Å². The SMILES string of the molecule is C[C@@H](Nc1ccccc1)c1ccccc1[N+](=O)[O-]. The lowest BCUT2D eigenvalue weighted by Gasteiger charge is -2.15. The van der Waals surface area contributed by atoms with Crippen LogP contribution in [-0.2, 0) is 0 Å². The molecule has 0 fully saturated rings. The van der Waals surface area contributed by atoms with Crippen molar-refractivity contribution in [3.63, 3.8) is 0 Å². The highest BCUT2D eigenvalue weighted by atomic mass is 16.6. The predicted octanol–water partition coefficient (Wildman–Crippen LogP) is 3.77. The van der Waals surface area contributed by atoms with Gasteiger partial charge in [0.1, 0.15) is 0 Å². The number of rotatable bonds is 4. The Morgan fingerprint density at radius 2 is 1.67 bits per heavy atom. The highest BCUT2D eigenvalue weighted by molar-refractivity contribution is 5.49. The minimum Gasteiger partial charge on any atom is -0.378 e. The Labute approximate surface area is 105 Å². The monoisotopic (exact) mass is 242 g/mol. The number of nitrogens with zero attached hydrogens (tertiary/aromatic N) is 1. The lowest BCUT2D eigenvalue weighted by molar-refractivity contribution is -0.385. The van der Waals surface area contributed by atoms with E-state index in [4.69, 9.17) is 0 Å². The van der Waals surface area contributed by atoms with Crippen LogP contribution in [0.15, 0.2) is 54.6 Å². The molecule has 2 rings (SSSR count). The second-order valence-corrected chi connectivity index (χ2v) is 4.05. The van der Waals surface area contributed by atoms with E-state index in [1.54, 1.807) is 12.1 Å². The molecule has 0 saturated heterocycles. The van der Waals surface area contributed by atoms with Crippen molar-refractivity contribution >= 4 is 11.4 Å². The van der Waals surface area contributed by atoms with E-state index in [2.05, 4.69) is 5.32 Å². The van der Waals surface area contributed by atoms with Crippen molar-refractivity contribution in [1.82, 2.24) is 0 Å². The molecule has 0 spiro atoms. The third kappa shape index (κ3) is 2.66.